The lowest BCUT2D eigenvalue weighted by Gasteiger charge is -2.03. The third-order valence-corrected chi connectivity index (χ3v) is 3.83. The van der Waals surface area contributed by atoms with E-state index in [0.717, 1.165) is 11.3 Å². The monoisotopic (exact) mass is 340 g/mol. The van der Waals surface area contributed by atoms with Crippen LogP contribution in [-0.2, 0) is 0 Å². The van der Waals surface area contributed by atoms with Gasteiger partial charge in [-0.2, -0.15) is 0 Å². The number of pyridine rings is 1. The number of thiophene rings is 1. The lowest BCUT2D eigenvalue weighted by molar-refractivity contribution is 0.102. The number of anilines is 1. The van der Waals surface area contributed by atoms with E-state index >= 15 is 0 Å². The highest BCUT2D eigenvalue weighted by molar-refractivity contribution is 7.20. The molecule has 0 aliphatic heterocycles. The van der Waals surface area contributed by atoms with Gasteiger partial charge in [-0.05, 0) is 24.1 Å². The lowest BCUT2D eigenvalue weighted by Crippen LogP contribution is -2.12. The molecule has 21 heavy (non-hydrogen) atoms. The number of aromatic nitrogens is 1. The molecule has 0 saturated heterocycles. The van der Waals surface area contributed by atoms with Crippen molar-refractivity contribution in [2.24, 2.45) is 0 Å². The number of rotatable bonds is 3. The molecule has 2 rings (SSSR count). The Bertz CT molecular complexity index is 719. The van der Waals surface area contributed by atoms with Crippen LogP contribution in [0.25, 0.3) is 0 Å². The minimum absolute atomic E-state index is 0.000835. The molecule has 2 heterocycles. The first-order valence-electron chi connectivity index (χ1n) is 5.93. The van der Waals surface area contributed by atoms with Gasteiger partial charge in [-0.25, -0.2) is 4.98 Å². The summed E-state index contributed by atoms with van der Waals surface area (Å²) in [4.78, 5) is 16.2. The molecule has 4 nitrogen and oxygen atoms in total. The van der Waals surface area contributed by atoms with Crippen molar-refractivity contribution in [2.75, 3.05) is 11.9 Å². The van der Waals surface area contributed by atoms with Crippen LogP contribution in [0.5, 0.6) is 0 Å². The summed E-state index contributed by atoms with van der Waals surface area (Å²) in [5.41, 5.74) is 0.820. The average Bonchev–Trinajstić information content (AvgIpc) is 2.78. The molecule has 0 aliphatic carbocycles. The van der Waals surface area contributed by atoms with Gasteiger partial charge in [0.05, 0.1) is 16.5 Å². The fraction of sp³-hybridized carbons (Fsp3) is 0.143. The molecule has 108 valence electrons. The summed E-state index contributed by atoms with van der Waals surface area (Å²) in [5.74, 6) is 5.55. The van der Waals surface area contributed by atoms with Gasteiger partial charge in [-0.3, -0.25) is 4.79 Å². The summed E-state index contributed by atoms with van der Waals surface area (Å²) in [5, 5.41) is 11.3. The Morgan fingerprint density at radius 1 is 1.43 bits per heavy atom. The largest absolute Gasteiger partial charge is 0.395 e. The molecule has 2 N–H and O–H groups in total. The normalized spacial score (nSPS) is 9.86. The van der Waals surface area contributed by atoms with Crippen LogP contribution in [0.2, 0.25) is 8.67 Å². The van der Waals surface area contributed by atoms with Crippen LogP contribution in [0, 0.1) is 11.8 Å². The van der Waals surface area contributed by atoms with Gasteiger partial charge in [0, 0.05) is 6.42 Å². The molecular formula is C14H10Cl2N2O2S. The fourth-order valence-electron chi connectivity index (χ4n) is 1.46. The van der Waals surface area contributed by atoms with E-state index in [1.165, 1.54) is 6.07 Å². The van der Waals surface area contributed by atoms with E-state index in [2.05, 4.69) is 22.1 Å². The second kappa shape index (κ2) is 7.43. The van der Waals surface area contributed by atoms with Crippen LogP contribution in [0.3, 0.4) is 0 Å². The Labute approximate surface area is 135 Å². The van der Waals surface area contributed by atoms with E-state index in [4.69, 9.17) is 28.3 Å². The van der Waals surface area contributed by atoms with Crippen LogP contribution in [0.1, 0.15) is 22.5 Å². The fourth-order valence-corrected chi connectivity index (χ4v) is 2.92. The molecule has 0 unspecified atom stereocenters. The van der Waals surface area contributed by atoms with Crippen molar-refractivity contribution >= 4 is 46.3 Å². The molecule has 0 atom stereocenters. The zero-order chi connectivity index (χ0) is 15.2. The standard InChI is InChI=1S/C14H10Cl2N2O2S/c15-11-8-10(13(16)21-11)14(20)18-12-6-3-5-9(17-12)4-1-2-7-19/h3,5-6,8,19H,2,7H2,(H,17,18,20). The zero-order valence-electron chi connectivity index (χ0n) is 10.7. The number of amides is 1. The van der Waals surface area contributed by atoms with E-state index in [0.29, 0.717) is 32.2 Å². The topological polar surface area (TPSA) is 62.2 Å². The maximum Gasteiger partial charge on any atom is 0.259 e. The summed E-state index contributed by atoms with van der Waals surface area (Å²) in [6, 6.07) is 6.61. The Morgan fingerprint density at radius 3 is 2.90 bits per heavy atom. The van der Waals surface area contributed by atoms with Gasteiger partial charge in [-0.1, -0.05) is 35.2 Å². The minimum atomic E-state index is -0.379. The van der Waals surface area contributed by atoms with Gasteiger partial charge in [-0.15, -0.1) is 11.3 Å². The highest BCUT2D eigenvalue weighted by Crippen LogP contribution is 2.31. The second-order valence-electron chi connectivity index (χ2n) is 3.88. The summed E-state index contributed by atoms with van der Waals surface area (Å²) >= 11 is 12.9. The highest BCUT2D eigenvalue weighted by Gasteiger charge is 2.14. The van der Waals surface area contributed by atoms with Crippen LogP contribution in [-0.4, -0.2) is 22.6 Å². The van der Waals surface area contributed by atoms with Crippen LogP contribution < -0.4 is 5.32 Å². The molecule has 0 aromatic carbocycles. The number of halogens is 2. The summed E-state index contributed by atoms with van der Waals surface area (Å²) in [7, 11) is 0. The first kappa shape index (κ1) is 15.8. The number of carbonyl (C=O) groups is 1. The molecular weight excluding hydrogens is 331 g/mol. The first-order valence-corrected chi connectivity index (χ1v) is 7.50. The van der Waals surface area contributed by atoms with Gasteiger partial charge in [0.25, 0.3) is 5.91 Å². The molecule has 7 heteroatoms. The van der Waals surface area contributed by atoms with Crippen molar-refractivity contribution in [3.8, 4) is 11.8 Å². The Kier molecular flexibility index (Phi) is 5.59. The quantitative estimate of drug-likeness (QED) is 0.841. The smallest absolute Gasteiger partial charge is 0.259 e. The van der Waals surface area contributed by atoms with E-state index < -0.39 is 0 Å². The molecule has 0 fully saturated rings. The molecule has 0 radical (unpaired) electrons. The highest BCUT2D eigenvalue weighted by atomic mass is 35.5. The maximum atomic E-state index is 12.1. The van der Waals surface area contributed by atoms with Gasteiger partial charge in [0.2, 0.25) is 0 Å². The molecule has 2 aromatic rings. The third kappa shape index (κ3) is 4.45. The first-order chi connectivity index (χ1) is 10.1. The van der Waals surface area contributed by atoms with Crippen molar-refractivity contribution in [1.29, 1.82) is 0 Å². The Morgan fingerprint density at radius 2 is 2.24 bits per heavy atom. The van der Waals surface area contributed by atoms with Crippen molar-refractivity contribution in [2.45, 2.75) is 6.42 Å². The zero-order valence-corrected chi connectivity index (χ0v) is 13.0. The van der Waals surface area contributed by atoms with E-state index in [1.54, 1.807) is 18.2 Å². The number of hydrogen-bond donors (Lipinski definition) is 2. The molecule has 0 spiro atoms. The molecule has 2 aromatic heterocycles. The Hall–Kier alpha value is -1.58. The van der Waals surface area contributed by atoms with Gasteiger partial charge in [0.1, 0.15) is 15.8 Å². The molecule has 0 bridgehead atoms. The van der Waals surface area contributed by atoms with Crippen LogP contribution in [0.4, 0.5) is 5.82 Å². The van der Waals surface area contributed by atoms with Crippen molar-refractivity contribution in [3.63, 3.8) is 0 Å². The number of aliphatic hydroxyl groups is 1. The number of nitrogens with zero attached hydrogens (tertiary/aromatic N) is 1. The van der Waals surface area contributed by atoms with Crippen LogP contribution >= 0.6 is 34.5 Å². The third-order valence-electron chi connectivity index (χ3n) is 2.35. The molecule has 0 aliphatic rings. The number of carbonyl (C=O) groups excluding carboxylic acids is 1. The predicted octanol–water partition coefficient (Wildman–Crippen LogP) is 3.44. The van der Waals surface area contributed by atoms with E-state index in [-0.39, 0.29) is 12.5 Å². The van der Waals surface area contributed by atoms with E-state index in [1.807, 2.05) is 0 Å². The maximum absolute atomic E-state index is 12.1. The Balaban J connectivity index is 2.13. The minimum Gasteiger partial charge on any atom is -0.395 e. The van der Waals surface area contributed by atoms with E-state index in [9.17, 15) is 4.79 Å². The summed E-state index contributed by atoms with van der Waals surface area (Å²) in [6.07, 6.45) is 0.376. The molecule has 1 amide bonds. The van der Waals surface area contributed by atoms with Crippen molar-refractivity contribution < 1.29 is 9.90 Å². The van der Waals surface area contributed by atoms with Gasteiger partial charge >= 0.3 is 0 Å². The summed E-state index contributed by atoms with van der Waals surface area (Å²) < 4.78 is 0.776. The van der Waals surface area contributed by atoms with Gasteiger partial charge in [0.15, 0.2) is 0 Å². The number of nitrogens with one attached hydrogen (secondary N) is 1. The lowest BCUT2D eigenvalue weighted by atomic mass is 10.3. The molecule has 0 saturated carbocycles. The van der Waals surface area contributed by atoms with Gasteiger partial charge < -0.3 is 10.4 Å². The number of aliphatic hydroxyl groups excluding tert-OH is 1. The average molecular weight is 341 g/mol. The summed E-state index contributed by atoms with van der Waals surface area (Å²) in [6.45, 7) is 0.000835. The SMILES string of the molecule is O=C(Nc1cccc(C#CCCO)n1)c1cc(Cl)sc1Cl. The predicted molar refractivity (Wildman–Crippen MR) is 85.1 cm³/mol. The van der Waals surface area contributed by atoms with Crippen LogP contribution in [0.15, 0.2) is 24.3 Å². The second-order valence-corrected chi connectivity index (χ2v) is 6.16. The van der Waals surface area contributed by atoms with Crippen molar-refractivity contribution in [3.05, 3.63) is 44.2 Å². The number of hydrogen-bond acceptors (Lipinski definition) is 4. The van der Waals surface area contributed by atoms with Crippen molar-refractivity contribution in [1.82, 2.24) is 4.98 Å².